The van der Waals surface area contributed by atoms with Crippen LogP contribution in [0.2, 0.25) is 0 Å². The second-order valence-electron chi connectivity index (χ2n) is 7.43. The number of benzene rings is 2. The van der Waals surface area contributed by atoms with E-state index in [0.29, 0.717) is 21.5 Å². The number of methoxy groups -OCH3 is 1. The third kappa shape index (κ3) is 8.56. The molecule has 7 nitrogen and oxygen atoms in total. The van der Waals surface area contributed by atoms with Gasteiger partial charge in [0.15, 0.2) is 0 Å². The van der Waals surface area contributed by atoms with Crippen LogP contribution >= 0.6 is 8.58 Å². The summed E-state index contributed by atoms with van der Waals surface area (Å²) in [5.74, 6) is -0.0895. The van der Waals surface area contributed by atoms with Crippen molar-refractivity contribution in [3.05, 3.63) is 59.9 Å². The number of amides is 2. The van der Waals surface area contributed by atoms with Gasteiger partial charge in [-0.15, -0.1) is 0 Å². The summed E-state index contributed by atoms with van der Waals surface area (Å²) >= 11 is 0. The number of nitrogens with two attached hydrogens (primary N) is 1. The van der Waals surface area contributed by atoms with Crippen LogP contribution in [0.5, 0.6) is 0 Å². The van der Waals surface area contributed by atoms with Crippen LogP contribution < -0.4 is 5.73 Å². The molecule has 9 heteroatoms. The first-order valence-corrected chi connectivity index (χ1v) is 11.7. The lowest BCUT2D eigenvalue weighted by Crippen LogP contribution is -2.37. The number of rotatable bonds is 6. The van der Waals surface area contributed by atoms with Gasteiger partial charge in [-0.2, -0.15) is 0 Å². The molecule has 3 N–H and O–H groups in total. The van der Waals surface area contributed by atoms with Crippen molar-refractivity contribution in [2.75, 3.05) is 19.8 Å². The number of carbonyl (C=O) groups excluding carboxylic acids is 2. The van der Waals surface area contributed by atoms with E-state index in [1.165, 1.54) is 12.1 Å². The summed E-state index contributed by atoms with van der Waals surface area (Å²) in [6, 6.07) is 14.6. The Bertz CT molecular complexity index is 873. The number of carbonyl (C=O) groups is 3. The van der Waals surface area contributed by atoms with E-state index < -0.39 is 0 Å². The Hall–Kier alpha value is -2.83. The number of likely N-dealkylation sites (tertiary alicyclic amines) is 1. The number of primary amides is 1. The Morgan fingerprint density at radius 3 is 2.15 bits per heavy atom. The summed E-state index contributed by atoms with van der Waals surface area (Å²) in [5.41, 5.74) is 7.14. The molecule has 3 unspecified atom stereocenters. The highest BCUT2D eigenvalue weighted by Crippen LogP contribution is 2.43. The molecule has 1 aliphatic heterocycles. The van der Waals surface area contributed by atoms with Crippen LogP contribution in [0.1, 0.15) is 25.8 Å². The number of nitrogens with zero attached hydrogens (tertiary/aromatic N) is 1. The molecule has 0 bridgehead atoms. The van der Waals surface area contributed by atoms with Gasteiger partial charge in [-0.3, -0.25) is 14.4 Å². The molecule has 2 amide bonds. The van der Waals surface area contributed by atoms with Crippen molar-refractivity contribution >= 4 is 27.4 Å². The highest BCUT2D eigenvalue weighted by atomic mass is 31.1. The number of hydrogen-bond acceptors (Lipinski definition) is 4. The quantitative estimate of drug-likeness (QED) is 0.488. The maximum atomic E-state index is 13.1. The van der Waals surface area contributed by atoms with E-state index in [1.54, 1.807) is 19.2 Å². The van der Waals surface area contributed by atoms with Gasteiger partial charge >= 0.3 is 0 Å². The first kappa shape index (κ1) is 28.2. The Morgan fingerprint density at radius 1 is 1.21 bits per heavy atom. The molecule has 2 aromatic rings. The second kappa shape index (κ2) is 14.3. The van der Waals surface area contributed by atoms with E-state index in [4.69, 9.17) is 19.4 Å². The van der Waals surface area contributed by atoms with E-state index in [-0.39, 0.29) is 36.0 Å². The van der Waals surface area contributed by atoms with E-state index in [2.05, 4.69) is 19.6 Å². The molecule has 0 aliphatic carbocycles. The number of carboxylic acid groups (broad SMARTS) is 1. The Morgan fingerprint density at radius 2 is 1.70 bits per heavy atom. The van der Waals surface area contributed by atoms with Crippen LogP contribution in [0.15, 0.2) is 48.5 Å². The lowest BCUT2D eigenvalue weighted by Gasteiger charge is -2.27. The third-order valence-electron chi connectivity index (χ3n) is 5.28. The fourth-order valence-corrected chi connectivity index (χ4v) is 5.33. The summed E-state index contributed by atoms with van der Waals surface area (Å²) in [5, 5.41) is 6.72. The highest BCUT2D eigenvalue weighted by Gasteiger charge is 2.43. The van der Waals surface area contributed by atoms with Crippen molar-refractivity contribution in [1.29, 1.82) is 0 Å². The summed E-state index contributed by atoms with van der Waals surface area (Å²) < 4.78 is 18.9. The molecule has 1 aliphatic rings. The van der Waals surface area contributed by atoms with Crippen LogP contribution in [0.4, 0.5) is 4.39 Å². The maximum absolute atomic E-state index is 13.1. The van der Waals surface area contributed by atoms with Crippen LogP contribution in [0, 0.1) is 5.82 Å². The number of ether oxygens (including phenoxy) is 1. The average molecular weight is 479 g/mol. The lowest BCUT2D eigenvalue weighted by atomic mass is 10.0. The van der Waals surface area contributed by atoms with Gasteiger partial charge in [0.1, 0.15) is 11.2 Å². The minimum atomic E-state index is -0.250. The minimum Gasteiger partial charge on any atom is -0.483 e. The van der Waals surface area contributed by atoms with Gasteiger partial charge in [-0.1, -0.05) is 51.9 Å². The van der Waals surface area contributed by atoms with E-state index in [0.717, 1.165) is 29.3 Å². The Kier molecular flexibility index (Phi) is 12.3. The van der Waals surface area contributed by atoms with E-state index in [1.807, 2.05) is 29.2 Å². The molecule has 2 aromatic carbocycles. The van der Waals surface area contributed by atoms with Gasteiger partial charge in [0, 0.05) is 19.6 Å². The molecule has 1 saturated heterocycles. The van der Waals surface area contributed by atoms with Crippen LogP contribution in [-0.2, 0) is 25.5 Å². The predicted molar refractivity (Wildman–Crippen MR) is 129 cm³/mol. The normalized spacial score (nSPS) is 19.3. The summed E-state index contributed by atoms with van der Waals surface area (Å²) in [6.07, 6.45) is 2.63. The molecule has 0 radical (unpaired) electrons. The van der Waals surface area contributed by atoms with Crippen molar-refractivity contribution in [3.63, 3.8) is 0 Å². The molecule has 0 spiro atoms. The van der Waals surface area contributed by atoms with Crippen LogP contribution in [-0.4, -0.2) is 60.0 Å². The van der Waals surface area contributed by atoms with Gasteiger partial charge in [0.2, 0.25) is 12.3 Å². The molecule has 180 valence electrons. The predicted octanol–water partition coefficient (Wildman–Crippen LogP) is 3.50. The van der Waals surface area contributed by atoms with Crippen molar-refractivity contribution in [2.24, 2.45) is 5.73 Å². The smallest absolute Gasteiger partial charge is 0.290 e. The van der Waals surface area contributed by atoms with Crippen molar-refractivity contribution in [2.45, 2.75) is 38.1 Å². The van der Waals surface area contributed by atoms with E-state index >= 15 is 0 Å². The van der Waals surface area contributed by atoms with Gasteiger partial charge in [-0.05, 0) is 41.9 Å². The zero-order chi connectivity index (χ0) is 24.9. The summed E-state index contributed by atoms with van der Waals surface area (Å²) in [6.45, 7) is 4.71. The van der Waals surface area contributed by atoms with Crippen molar-refractivity contribution in [1.82, 2.24) is 4.90 Å². The van der Waals surface area contributed by atoms with Crippen molar-refractivity contribution in [3.8, 4) is 11.1 Å². The SMILES string of the molecule is CCPC1(OC)CC(C)N(C(=O)Cc2ccc(-c3ccc(F)cc3)cc2)C1.NC=O.O=CO. The maximum Gasteiger partial charge on any atom is 0.290 e. The minimum absolute atomic E-state index is 0.150. The molecular weight excluding hydrogens is 446 g/mol. The molecular formula is C24H32FN2O5P. The molecule has 0 aromatic heterocycles. The van der Waals surface area contributed by atoms with Crippen LogP contribution in [0.3, 0.4) is 0 Å². The lowest BCUT2D eigenvalue weighted by molar-refractivity contribution is -0.131. The van der Waals surface area contributed by atoms with Crippen molar-refractivity contribution < 1.29 is 28.6 Å². The molecule has 3 atom stereocenters. The molecule has 0 saturated carbocycles. The fourth-order valence-electron chi connectivity index (χ4n) is 3.82. The molecule has 1 heterocycles. The van der Waals surface area contributed by atoms with E-state index in [9.17, 15) is 9.18 Å². The third-order valence-corrected chi connectivity index (χ3v) is 6.84. The topological polar surface area (TPSA) is 110 Å². The molecule has 3 rings (SSSR count). The second-order valence-corrected chi connectivity index (χ2v) is 9.40. The largest absolute Gasteiger partial charge is 0.483 e. The van der Waals surface area contributed by atoms with Gasteiger partial charge in [0.25, 0.3) is 6.47 Å². The number of halogens is 1. The van der Waals surface area contributed by atoms with Gasteiger partial charge in [-0.25, -0.2) is 4.39 Å². The summed E-state index contributed by atoms with van der Waals surface area (Å²) in [4.78, 5) is 31.8. The average Bonchev–Trinajstić information content (AvgIpc) is 3.13. The standard InChI is InChI=1S/C22H27FNO2P.CH3NO.CH2O2/c1-4-27-22(26-3)14-16(2)24(15-22)21(25)13-17-5-7-18(8-6-17)19-9-11-20(23)12-10-19;2*2-1-3/h5-12,16,27H,4,13-15H2,1-3H3;1H,(H2,2,3);1H,(H,2,3). The van der Waals surface area contributed by atoms with Gasteiger partial charge in [0.05, 0.1) is 13.0 Å². The number of hydrogen-bond donors (Lipinski definition) is 2. The highest BCUT2D eigenvalue weighted by molar-refractivity contribution is 7.39. The Balaban J connectivity index is 0.000000819. The molecule has 1 fully saturated rings. The monoisotopic (exact) mass is 478 g/mol. The molecule has 33 heavy (non-hydrogen) atoms. The summed E-state index contributed by atoms with van der Waals surface area (Å²) in [7, 11) is 2.47. The Labute approximate surface area is 195 Å². The first-order valence-electron chi connectivity index (χ1n) is 10.5. The first-order chi connectivity index (χ1) is 15.8. The van der Waals surface area contributed by atoms with Gasteiger partial charge < -0.3 is 20.5 Å². The zero-order valence-corrected chi connectivity index (χ0v) is 20.2. The fraction of sp³-hybridized carbons (Fsp3) is 0.375. The van der Waals surface area contributed by atoms with Crippen LogP contribution in [0.25, 0.3) is 11.1 Å². The zero-order valence-electron chi connectivity index (χ0n) is 19.2.